The van der Waals surface area contributed by atoms with Gasteiger partial charge in [0.2, 0.25) is 29.5 Å². The van der Waals surface area contributed by atoms with E-state index in [2.05, 4.69) is 20.7 Å². The first-order valence-corrected chi connectivity index (χ1v) is 12.7. The van der Waals surface area contributed by atoms with Crippen molar-refractivity contribution >= 4 is 35.5 Å². The lowest BCUT2D eigenvalue weighted by Gasteiger charge is -2.31. The number of ether oxygens (including phenoxy) is 1. The Balaban J connectivity index is 1.84. The number of nitrogens with one attached hydrogen (secondary N) is 3. The summed E-state index contributed by atoms with van der Waals surface area (Å²) >= 11 is 0. The van der Waals surface area contributed by atoms with Crippen LogP contribution in [0.15, 0.2) is 0 Å². The summed E-state index contributed by atoms with van der Waals surface area (Å²) in [5.74, 6) is -2.93. The van der Waals surface area contributed by atoms with Crippen molar-refractivity contribution in [1.82, 2.24) is 25.8 Å². The van der Waals surface area contributed by atoms with Crippen molar-refractivity contribution in [3.05, 3.63) is 0 Å². The zero-order chi connectivity index (χ0) is 26.4. The van der Waals surface area contributed by atoms with Gasteiger partial charge in [0.15, 0.2) is 0 Å². The Labute approximate surface area is 210 Å². The maximum absolute atomic E-state index is 13.4. The molecule has 0 bridgehead atoms. The largest absolute Gasteiger partial charge is 0.469 e. The van der Waals surface area contributed by atoms with Crippen LogP contribution in [0.5, 0.6) is 0 Å². The van der Waals surface area contributed by atoms with E-state index < -0.39 is 53.8 Å². The Morgan fingerprint density at radius 2 is 1.67 bits per heavy atom. The van der Waals surface area contributed by atoms with E-state index in [9.17, 15) is 28.8 Å². The van der Waals surface area contributed by atoms with Crippen LogP contribution in [-0.2, 0) is 33.5 Å². The maximum atomic E-state index is 13.4. The van der Waals surface area contributed by atoms with Crippen molar-refractivity contribution in [2.24, 2.45) is 5.92 Å². The van der Waals surface area contributed by atoms with Gasteiger partial charge in [-0.05, 0) is 38.0 Å². The van der Waals surface area contributed by atoms with Crippen LogP contribution < -0.4 is 16.0 Å². The smallest absolute Gasteiger partial charge is 0.305 e. The van der Waals surface area contributed by atoms with Gasteiger partial charge in [-0.2, -0.15) is 0 Å². The topological polar surface area (TPSA) is 154 Å². The Morgan fingerprint density at radius 1 is 1.00 bits per heavy atom. The molecule has 0 aromatic rings. The van der Waals surface area contributed by atoms with Crippen molar-refractivity contribution in [3.8, 4) is 0 Å². The molecule has 3 fully saturated rings. The zero-order valence-electron chi connectivity index (χ0n) is 21.2. The van der Waals surface area contributed by atoms with Gasteiger partial charge in [0.1, 0.15) is 24.2 Å². The highest BCUT2D eigenvalue weighted by molar-refractivity contribution is 5.98. The van der Waals surface area contributed by atoms with Crippen molar-refractivity contribution < 1.29 is 33.5 Å². The second-order valence-electron chi connectivity index (χ2n) is 9.90. The number of esters is 1. The Kier molecular flexibility index (Phi) is 9.27. The van der Waals surface area contributed by atoms with E-state index in [-0.39, 0.29) is 31.2 Å². The summed E-state index contributed by atoms with van der Waals surface area (Å²) in [6, 6.07) is -3.52. The fraction of sp³-hybridized carbons (Fsp3) is 0.750. The third kappa shape index (κ3) is 6.33. The highest BCUT2D eigenvalue weighted by Gasteiger charge is 2.44. The first-order valence-electron chi connectivity index (χ1n) is 12.7. The van der Waals surface area contributed by atoms with Gasteiger partial charge >= 0.3 is 5.97 Å². The Bertz CT molecular complexity index is 882. The molecule has 0 radical (unpaired) electrons. The van der Waals surface area contributed by atoms with Gasteiger partial charge in [0.05, 0.1) is 13.5 Å². The lowest BCUT2D eigenvalue weighted by atomic mass is 10.0. The quantitative estimate of drug-likeness (QED) is 0.310. The van der Waals surface area contributed by atoms with Crippen LogP contribution in [0, 0.1) is 5.92 Å². The Hall–Kier alpha value is -3.18. The average molecular weight is 508 g/mol. The number of fused-ring (bicyclic) bond motifs is 2. The molecule has 3 saturated heterocycles. The number of nitrogens with zero attached hydrogens (tertiary/aromatic N) is 2. The minimum absolute atomic E-state index is 0.115. The first-order chi connectivity index (χ1) is 17.1. The molecule has 3 aliphatic rings. The molecule has 0 spiro atoms. The van der Waals surface area contributed by atoms with Gasteiger partial charge in [-0.15, -0.1) is 0 Å². The molecule has 5 amide bonds. The van der Waals surface area contributed by atoms with Crippen LogP contribution in [0.3, 0.4) is 0 Å². The molecule has 0 saturated carbocycles. The van der Waals surface area contributed by atoms with Crippen molar-refractivity contribution in [2.75, 3.05) is 26.7 Å². The fourth-order valence-electron chi connectivity index (χ4n) is 5.03. The summed E-state index contributed by atoms with van der Waals surface area (Å²) in [5.41, 5.74) is 0. The number of rotatable bonds is 6. The first kappa shape index (κ1) is 27.4. The Morgan fingerprint density at radius 3 is 2.33 bits per heavy atom. The number of carbonyl (C=O) groups excluding carboxylic acids is 6. The fourth-order valence-corrected chi connectivity index (χ4v) is 5.03. The van der Waals surface area contributed by atoms with E-state index in [1.54, 1.807) is 13.8 Å². The van der Waals surface area contributed by atoms with E-state index in [1.807, 2.05) is 0 Å². The molecule has 36 heavy (non-hydrogen) atoms. The normalized spacial score (nSPS) is 27.3. The lowest BCUT2D eigenvalue weighted by Crippen LogP contribution is -2.58. The molecule has 200 valence electrons. The molecule has 0 aromatic carbocycles. The minimum atomic E-state index is -1.20. The van der Waals surface area contributed by atoms with Crippen LogP contribution >= 0.6 is 0 Å². The van der Waals surface area contributed by atoms with E-state index in [4.69, 9.17) is 0 Å². The van der Waals surface area contributed by atoms with E-state index in [1.165, 1.54) is 16.9 Å². The van der Waals surface area contributed by atoms with Gasteiger partial charge in [-0.25, -0.2) is 0 Å². The number of amides is 5. The highest BCUT2D eigenvalue weighted by Crippen LogP contribution is 2.26. The summed E-state index contributed by atoms with van der Waals surface area (Å²) in [6.07, 6.45) is 2.41. The molecule has 3 heterocycles. The maximum Gasteiger partial charge on any atom is 0.305 e. The van der Waals surface area contributed by atoms with Gasteiger partial charge in [-0.3, -0.25) is 28.8 Å². The molecule has 0 aliphatic carbocycles. The number of hydrogen-bond donors (Lipinski definition) is 3. The summed E-state index contributed by atoms with van der Waals surface area (Å²) in [7, 11) is 1.28. The van der Waals surface area contributed by atoms with Crippen LogP contribution in [-0.4, -0.2) is 96.2 Å². The molecule has 3 aliphatic heterocycles. The van der Waals surface area contributed by atoms with Gasteiger partial charge in [0.25, 0.3) is 0 Å². The van der Waals surface area contributed by atoms with Crippen LogP contribution in [0.4, 0.5) is 0 Å². The van der Waals surface area contributed by atoms with Gasteiger partial charge in [0, 0.05) is 26.1 Å². The van der Waals surface area contributed by atoms with Crippen molar-refractivity contribution in [1.29, 1.82) is 0 Å². The third-order valence-corrected chi connectivity index (χ3v) is 7.04. The average Bonchev–Trinajstić information content (AvgIpc) is 3.53. The van der Waals surface area contributed by atoms with Crippen LogP contribution in [0.25, 0.3) is 0 Å². The molecule has 0 unspecified atom stereocenters. The predicted octanol–water partition coefficient (Wildman–Crippen LogP) is -0.933. The molecule has 0 aromatic heterocycles. The lowest BCUT2D eigenvalue weighted by molar-refractivity contribution is -0.147. The van der Waals surface area contributed by atoms with Crippen molar-refractivity contribution in [3.63, 3.8) is 0 Å². The van der Waals surface area contributed by atoms with E-state index in [0.717, 1.165) is 0 Å². The monoisotopic (exact) mass is 507 g/mol. The van der Waals surface area contributed by atoms with E-state index in [0.29, 0.717) is 45.2 Å². The molecule has 12 nitrogen and oxygen atoms in total. The standard InChI is InChI=1S/C24H37N5O7/c1-14(2)20-23(34)26-15(21(32)25-10-4-9-19(31)36-3)13-18(30)28-11-6-8-17(28)24(35)29-12-5-7-16(29)22(33)27-20/h14-17,20H,4-13H2,1-3H3,(H,25,32)(H,26,34)(H,27,33)/t15-,16+,17-,20-/m0/s1. The molecule has 3 rings (SSSR count). The third-order valence-electron chi connectivity index (χ3n) is 7.04. The summed E-state index contributed by atoms with van der Waals surface area (Å²) < 4.78 is 4.58. The second kappa shape index (κ2) is 12.2. The summed E-state index contributed by atoms with van der Waals surface area (Å²) in [5, 5.41) is 8.07. The molecule has 4 atom stereocenters. The van der Waals surface area contributed by atoms with Crippen LogP contribution in [0.1, 0.15) is 58.8 Å². The van der Waals surface area contributed by atoms with Crippen LogP contribution in [0.2, 0.25) is 0 Å². The zero-order valence-corrected chi connectivity index (χ0v) is 21.2. The van der Waals surface area contributed by atoms with Crippen molar-refractivity contribution in [2.45, 2.75) is 83.0 Å². The predicted molar refractivity (Wildman–Crippen MR) is 127 cm³/mol. The number of hydrogen-bond acceptors (Lipinski definition) is 7. The number of methoxy groups -OCH3 is 1. The summed E-state index contributed by atoms with van der Waals surface area (Å²) in [6.45, 7) is 4.48. The number of carbonyl (C=O) groups is 6. The molecular weight excluding hydrogens is 470 g/mol. The minimum Gasteiger partial charge on any atom is -0.469 e. The molecule has 3 N–H and O–H groups in total. The van der Waals surface area contributed by atoms with E-state index >= 15 is 0 Å². The molecule has 12 heteroatoms. The highest BCUT2D eigenvalue weighted by atomic mass is 16.5. The molecular formula is C24H37N5O7. The van der Waals surface area contributed by atoms with Gasteiger partial charge in [-0.1, -0.05) is 13.8 Å². The second-order valence-corrected chi connectivity index (χ2v) is 9.90. The van der Waals surface area contributed by atoms with Gasteiger partial charge < -0.3 is 30.5 Å². The summed E-state index contributed by atoms with van der Waals surface area (Å²) in [4.78, 5) is 80.3. The SMILES string of the molecule is COC(=O)CCCNC(=O)[C@@H]1CC(=O)N2CCC[C@H]2C(=O)N2CCC[C@@H]2C(=O)N[C@@H](C(C)C)C(=O)N1.